The summed E-state index contributed by atoms with van der Waals surface area (Å²) in [6.45, 7) is 2.54. The second-order valence-corrected chi connectivity index (χ2v) is 10.4. The lowest BCUT2D eigenvalue weighted by atomic mass is 9.84. The molecule has 0 amide bonds. The Balaban J connectivity index is 0.000000331. The highest BCUT2D eigenvalue weighted by molar-refractivity contribution is 5.88. The number of para-hydroxylation sites is 2. The van der Waals surface area contributed by atoms with Gasteiger partial charge in [0.2, 0.25) is 0 Å². The molecule has 13 heteroatoms. The van der Waals surface area contributed by atoms with E-state index in [9.17, 15) is 24.3 Å². The number of carbonyl (C=O) groups is 4. The lowest BCUT2D eigenvalue weighted by Gasteiger charge is -2.39. The molecule has 5 N–H and O–H groups in total. The summed E-state index contributed by atoms with van der Waals surface area (Å²) in [7, 11) is 3.05. The average Bonchev–Trinajstić information content (AvgIpc) is 3.30. The second kappa shape index (κ2) is 14.1. The van der Waals surface area contributed by atoms with Crippen LogP contribution in [0.4, 0.5) is 0 Å². The normalized spacial score (nSPS) is 14.8. The number of carbonyl (C=O) groups excluding carboxylic acids is 1. The maximum absolute atomic E-state index is 11.8. The number of esters is 1. The Bertz CT molecular complexity index is 1440. The maximum Gasteiger partial charge on any atom is 0.336 e. The van der Waals surface area contributed by atoms with Crippen molar-refractivity contribution in [3.05, 3.63) is 65.9 Å². The first-order valence-corrected chi connectivity index (χ1v) is 13.4. The highest BCUT2D eigenvalue weighted by Gasteiger charge is 2.41. The highest BCUT2D eigenvalue weighted by atomic mass is 16.5. The second-order valence-electron chi connectivity index (χ2n) is 10.4. The molecule has 1 fully saturated rings. The lowest BCUT2D eigenvalue weighted by molar-refractivity contribution is -0.170. The minimum Gasteiger partial charge on any atom is -0.496 e. The van der Waals surface area contributed by atoms with Crippen molar-refractivity contribution in [1.82, 2.24) is 9.47 Å². The molecule has 2 heterocycles. The first-order valence-electron chi connectivity index (χ1n) is 13.4. The van der Waals surface area contributed by atoms with Crippen LogP contribution in [-0.2, 0) is 42.6 Å². The van der Waals surface area contributed by atoms with Crippen molar-refractivity contribution < 1.29 is 54.2 Å². The highest BCUT2D eigenvalue weighted by Crippen LogP contribution is 2.38. The summed E-state index contributed by atoms with van der Waals surface area (Å²) in [6, 6.07) is 15.8. The molecule has 43 heavy (non-hydrogen) atoms. The first kappa shape index (κ1) is 33.0. The van der Waals surface area contributed by atoms with Gasteiger partial charge in [-0.2, -0.15) is 0 Å². The number of aliphatic hydroxyl groups is 2. The average molecular weight is 601 g/mol. The van der Waals surface area contributed by atoms with Gasteiger partial charge >= 0.3 is 23.9 Å². The molecule has 0 saturated carbocycles. The summed E-state index contributed by atoms with van der Waals surface area (Å²) in [6.07, 6.45) is 1.05. The number of carboxylic acids is 3. The fourth-order valence-electron chi connectivity index (χ4n) is 5.12. The fourth-order valence-corrected chi connectivity index (χ4v) is 5.12. The molecule has 0 radical (unpaired) electrons. The van der Waals surface area contributed by atoms with E-state index in [1.165, 1.54) is 12.7 Å². The molecule has 2 aromatic carbocycles. The zero-order valence-electron chi connectivity index (χ0n) is 23.9. The van der Waals surface area contributed by atoms with Crippen molar-refractivity contribution in [2.45, 2.75) is 50.0 Å². The Morgan fingerprint density at radius 3 is 2.05 bits per heavy atom. The van der Waals surface area contributed by atoms with E-state index < -0.39 is 42.0 Å². The number of aromatic nitrogens is 1. The van der Waals surface area contributed by atoms with E-state index in [-0.39, 0.29) is 12.5 Å². The van der Waals surface area contributed by atoms with Crippen LogP contribution in [0.15, 0.2) is 54.7 Å². The van der Waals surface area contributed by atoms with Crippen LogP contribution in [0.1, 0.15) is 36.8 Å². The summed E-state index contributed by atoms with van der Waals surface area (Å²) in [5, 5.41) is 46.2. The molecule has 13 nitrogen and oxygen atoms in total. The summed E-state index contributed by atoms with van der Waals surface area (Å²) >= 11 is 0. The summed E-state index contributed by atoms with van der Waals surface area (Å²) < 4.78 is 12.3. The molecule has 4 rings (SSSR count). The predicted molar refractivity (Wildman–Crippen MR) is 152 cm³/mol. The number of aliphatic carboxylic acids is 3. The first-order chi connectivity index (χ1) is 20.3. The molecule has 1 aliphatic heterocycles. The number of piperidine rings is 1. The van der Waals surface area contributed by atoms with Gasteiger partial charge in [0.05, 0.1) is 32.7 Å². The quantitative estimate of drug-likeness (QED) is 0.201. The van der Waals surface area contributed by atoms with E-state index in [1.807, 2.05) is 53.2 Å². The van der Waals surface area contributed by atoms with Crippen molar-refractivity contribution in [1.29, 1.82) is 0 Å². The Kier molecular flexibility index (Phi) is 10.9. The smallest absolute Gasteiger partial charge is 0.336 e. The van der Waals surface area contributed by atoms with Crippen LogP contribution < -0.4 is 4.74 Å². The molecule has 0 bridgehead atoms. The van der Waals surface area contributed by atoms with E-state index in [4.69, 9.17) is 29.9 Å². The Morgan fingerprint density at radius 1 is 0.907 bits per heavy atom. The summed E-state index contributed by atoms with van der Waals surface area (Å²) in [4.78, 5) is 44.6. The van der Waals surface area contributed by atoms with E-state index >= 15 is 0 Å². The number of benzene rings is 2. The van der Waals surface area contributed by atoms with E-state index in [2.05, 4.69) is 11.0 Å². The molecule has 3 aromatic rings. The van der Waals surface area contributed by atoms with Gasteiger partial charge < -0.3 is 39.6 Å². The van der Waals surface area contributed by atoms with Crippen molar-refractivity contribution in [3.63, 3.8) is 0 Å². The SMILES string of the molecule is COC(=O)Cn1cc(CN2CCC(O)(c3ccccc3OC)CC2)c2ccccc21.O=C(O)CC(O)(CC(=O)O)C(=O)O. The van der Waals surface area contributed by atoms with Gasteiger partial charge in [-0.1, -0.05) is 36.4 Å². The minimum atomic E-state index is -2.74. The predicted octanol–water partition coefficient (Wildman–Crippen LogP) is 2.06. The van der Waals surface area contributed by atoms with Crippen LogP contribution in [0.2, 0.25) is 0 Å². The van der Waals surface area contributed by atoms with Crippen LogP contribution in [0, 0.1) is 0 Å². The van der Waals surface area contributed by atoms with Gasteiger partial charge in [0.25, 0.3) is 0 Å². The summed E-state index contributed by atoms with van der Waals surface area (Å²) in [5.41, 5.74) is -0.542. The molecule has 1 saturated heterocycles. The number of fused-ring (bicyclic) bond motifs is 1. The molecule has 1 aromatic heterocycles. The van der Waals surface area contributed by atoms with Crippen molar-refractivity contribution in [2.75, 3.05) is 27.3 Å². The minimum absolute atomic E-state index is 0.199. The van der Waals surface area contributed by atoms with Gasteiger partial charge in [-0.25, -0.2) is 4.79 Å². The Morgan fingerprint density at radius 2 is 1.49 bits per heavy atom. The van der Waals surface area contributed by atoms with Crippen molar-refractivity contribution in [3.8, 4) is 5.75 Å². The number of carboxylic acid groups (broad SMARTS) is 3. The molecule has 0 atom stereocenters. The van der Waals surface area contributed by atoms with Crippen LogP contribution >= 0.6 is 0 Å². The molecular formula is C30H36N2O11. The number of ether oxygens (including phenoxy) is 2. The summed E-state index contributed by atoms with van der Waals surface area (Å²) in [5.74, 6) is -4.55. The van der Waals surface area contributed by atoms with Gasteiger partial charge in [0.1, 0.15) is 12.3 Å². The third-order valence-corrected chi connectivity index (χ3v) is 7.37. The van der Waals surface area contributed by atoms with Crippen LogP contribution in [0.3, 0.4) is 0 Å². The van der Waals surface area contributed by atoms with Crippen molar-refractivity contribution in [2.24, 2.45) is 0 Å². The molecule has 0 spiro atoms. The number of likely N-dealkylation sites (tertiary alicyclic amines) is 1. The topological polar surface area (TPSA) is 196 Å². The largest absolute Gasteiger partial charge is 0.496 e. The van der Waals surface area contributed by atoms with Gasteiger partial charge in [-0.15, -0.1) is 0 Å². The van der Waals surface area contributed by atoms with Crippen LogP contribution in [0.5, 0.6) is 5.75 Å². The number of nitrogens with zero attached hydrogens (tertiary/aromatic N) is 2. The number of methoxy groups -OCH3 is 2. The fraction of sp³-hybridized carbons (Fsp3) is 0.400. The third kappa shape index (κ3) is 8.31. The Labute approximate surface area is 247 Å². The van der Waals surface area contributed by atoms with E-state index in [1.54, 1.807) is 7.11 Å². The standard InChI is InChI=1S/C24H28N2O4.C6H8O7/c1-29-22-10-6-4-8-20(22)24(28)11-13-25(14-12-24)15-18-16-26(17-23(27)30-2)21-9-5-3-7-19(18)21;7-3(8)1-6(13,5(11)12)2-4(9)10/h3-10,16,28H,11-15,17H2,1-2H3;13H,1-2H2,(H,7,8)(H,9,10)(H,11,12). The molecule has 0 aliphatic carbocycles. The maximum atomic E-state index is 11.8. The Hall–Kier alpha value is -4.46. The van der Waals surface area contributed by atoms with Crippen molar-refractivity contribution >= 4 is 34.8 Å². The van der Waals surface area contributed by atoms with Crippen LogP contribution in [-0.4, -0.2) is 91.8 Å². The van der Waals surface area contributed by atoms with Gasteiger partial charge in [0, 0.05) is 42.3 Å². The lowest BCUT2D eigenvalue weighted by Crippen LogP contribution is -2.42. The molecule has 0 unspecified atom stereocenters. The number of rotatable bonds is 11. The number of hydrogen-bond acceptors (Lipinski definition) is 9. The monoisotopic (exact) mass is 600 g/mol. The van der Waals surface area contributed by atoms with Gasteiger partial charge in [-0.05, 0) is 30.5 Å². The zero-order valence-corrected chi connectivity index (χ0v) is 23.9. The number of hydrogen-bond donors (Lipinski definition) is 5. The van der Waals surface area contributed by atoms with Crippen LogP contribution in [0.25, 0.3) is 10.9 Å². The molecular weight excluding hydrogens is 564 g/mol. The van der Waals surface area contributed by atoms with E-state index in [0.717, 1.165) is 41.9 Å². The van der Waals surface area contributed by atoms with Gasteiger partial charge in [0.15, 0.2) is 5.60 Å². The molecule has 1 aliphatic rings. The zero-order chi connectivity index (χ0) is 31.8. The van der Waals surface area contributed by atoms with E-state index in [0.29, 0.717) is 12.8 Å². The molecule has 232 valence electrons. The van der Waals surface area contributed by atoms with Gasteiger partial charge in [-0.3, -0.25) is 19.3 Å². The third-order valence-electron chi connectivity index (χ3n) is 7.37.